The summed E-state index contributed by atoms with van der Waals surface area (Å²) in [6.07, 6.45) is 0.185. The van der Waals surface area contributed by atoms with Crippen molar-refractivity contribution in [1.29, 1.82) is 0 Å². The maximum absolute atomic E-state index is 11.8. The van der Waals surface area contributed by atoms with Crippen molar-refractivity contribution in [2.24, 2.45) is 5.92 Å². The van der Waals surface area contributed by atoms with Gasteiger partial charge in [-0.1, -0.05) is 11.6 Å². The van der Waals surface area contributed by atoms with Crippen LogP contribution in [0.3, 0.4) is 0 Å². The van der Waals surface area contributed by atoms with Gasteiger partial charge in [0.2, 0.25) is 11.1 Å². The lowest BCUT2D eigenvalue weighted by Gasteiger charge is -2.18. The highest BCUT2D eigenvalue weighted by Crippen LogP contribution is 2.30. The average Bonchev–Trinajstić information content (AvgIpc) is 2.61. The molecule has 1 heterocycles. The summed E-state index contributed by atoms with van der Waals surface area (Å²) in [6, 6.07) is 5.31. The van der Waals surface area contributed by atoms with Crippen molar-refractivity contribution in [3.8, 4) is 0 Å². The Hall–Kier alpha value is -1.06. The van der Waals surface area contributed by atoms with Gasteiger partial charge in [-0.15, -0.1) is 0 Å². The predicted octanol–water partition coefficient (Wildman–Crippen LogP) is 2.77. The van der Waals surface area contributed by atoms with Gasteiger partial charge >= 0.3 is 0 Å². The van der Waals surface area contributed by atoms with E-state index < -0.39 is 11.2 Å². The summed E-state index contributed by atoms with van der Waals surface area (Å²) < 4.78 is 0. The van der Waals surface area contributed by atoms with Gasteiger partial charge in [-0.25, -0.2) is 0 Å². The first-order valence-corrected chi connectivity index (χ1v) is 6.00. The zero-order chi connectivity index (χ0) is 12.6. The van der Waals surface area contributed by atoms with Crippen LogP contribution < -0.4 is 4.90 Å². The van der Waals surface area contributed by atoms with Gasteiger partial charge in [-0.3, -0.25) is 9.59 Å². The van der Waals surface area contributed by atoms with E-state index in [4.69, 9.17) is 23.2 Å². The van der Waals surface area contributed by atoms with Crippen molar-refractivity contribution >= 4 is 40.0 Å². The number of rotatable bonds is 2. The lowest BCUT2D eigenvalue weighted by Crippen LogP contribution is -2.25. The number of anilines is 1. The van der Waals surface area contributed by atoms with Crippen LogP contribution in [0.4, 0.5) is 5.69 Å². The van der Waals surface area contributed by atoms with E-state index in [1.165, 1.54) is 0 Å². The highest BCUT2D eigenvalue weighted by atomic mass is 35.5. The Labute approximate surface area is 109 Å². The molecule has 1 aromatic carbocycles. The summed E-state index contributed by atoms with van der Waals surface area (Å²) in [6.45, 7) is 2.23. The number of amides is 1. The number of nitrogens with zero attached hydrogens (tertiary/aromatic N) is 1. The molecule has 0 aromatic heterocycles. The van der Waals surface area contributed by atoms with Crippen LogP contribution in [0.2, 0.25) is 5.02 Å². The van der Waals surface area contributed by atoms with Crippen LogP contribution in [0, 0.1) is 12.8 Å². The third-order valence-electron chi connectivity index (χ3n) is 2.90. The van der Waals surface area contributed by atoms with Crippen molar-refractivity contribution in [2.45, 2.75) is 13.3 Å². The quantitative estimate of drug-likeness (QED) is 0.776. The molecule has 1 aromatic rings. The largest absolute Gasteiger partial charge is 0.311 e. The van der Waals surface area contributed by atoms with E-state index in [1.54, 1.807) is 23.1 Å². The summed E-state index contributed by atoms with van der Waals surface area (Å²) >= 11 is 11.3. The fourth-order valence-electron chi connectivity index (χ4n) is 2.01. The van der Waals surface area contributed by atoms with E-state index in [2.05, 4.69) is 0 Å². The van der Waals surface area contributed by atoms with Gasteiger partial charge < -0.3 is 4.90 Å². The Morgan fingerprint density at radius 1 is 1.47 bits per heavy atom. The molecule has 0 saturated carbocycles. The van der Waals surface area contributed by atoms with Crippen LogP contribution in [0.1, 0.15) is 12.0 Å². The summed E-state index contributed by atoms with van der Waals surface area (Å²) in [4.78, 5) is 24.5. The molecule has 1 fully saturated rings. The zero-order valence-corrected chi connectivity index (χ0v) is 10.8. The molecular formula is C12H11Cl2NO2. The molecule has 0 aliphatic carbocycles. The molecule has 1 aliphatic rings. The van der Waals surface area contributed by atoms with Crippen molar-refractivity contribution in [3.63, 3.8) is 0 Å². The van der Waals surface area contributed by atoms with E-state index in [0.29, 0.717) is 11.6 Å². The summed E-state index contributed by atoms with van der Waals surface area (Å²) in [5, 5.41) is 0.176. The van der Waals surface area contributed by atoms with Crippen molar-refractivity contribution in [1.82, 2.24) is 0 Å². The van der Waals surface area contributed by atoms with Gasteiger partial charge in [-0.05, 0) is 42.3 Å². The molecule has 90 valence electrons. The summed E-state index contributed by atoms with van der Waals surface area (Å²) in [5.41, 5.74) is 1.70. The standard InChI is InChI=1S/C12H11Cl2NO2/c1-7-4-9(13)2-3-10(7)15-6-8(12(14)17)5-11(15)16/h2-4,8H,5-6H2,1H3/t8-/m1/s1. The number of hydrogen-bond acceptors (Lipinski definition) is 2. The van der Waals surface area contributed by atoms with E-state index in [9.17, 15) is 9.59 Å². The van der Waals surface area contributed by atoms with Crippen LogP contribution in [-0.4, -0.2) is 17.7 Å². The molecule has 5 heteroatoms. The third-order valence-corrected chi connectivity index (χ3v) is 3.44. The molecule has 0 unspecified atom stereocenters. The topological polar surface area (TPSA) is 37.4 Å². The van der Waals surface area contributed by atoms with E-state index in [-0.39, 0.29) is 12.3 Å². The van der Waals surface area contributed by atoms with Gasteiger partial charge in [0.05, 0.1) is 5.92 Å². The molecule has 0 spiro atoms. The van der Waals surface area contributed by atoms with Crippen molar-refractivity contribution in [2.75, 3.05) is 11.4 Å². The first kappa shape index (κ1) is 12.4. The number of hydrogen-bond donors (Lipinski definition) is 0. The first-order chi connectivity index (χ1) is 7.99. The van der Waals surface area contributed by atoms with Gasteiger partial charge in [0.15, 0.2) is 0 Å². The minimum atomic E-state index is -0.451. The number of aryl methyl sites for hydroxylation is 1. The zero-order valence-electron chi connectivity index (χ0n) is 9.24. The second kappa shape index (κ2) is 4.67. The molecule has 2 rings (SSSR count). The Morgan fingerprint density at radius 2 is 2.18 bits per heavy atom. The van der Waals surface area contributed by atoms with Gasteiger partial charge in [-0.2, -0.15) is 0 Å². The highest BCUT2D eigenvalue weighted by molar-refractivity contribution is 6.64. The molecule has 1 atom stereocenters. The number of carbonyl (C=O) groups excluding carboxylic acids is 2. The van der Waals surface area contributed by atoms with Gasteiger partial charge in [0, 0.05) is 23.7 Å². The number of halogens is 2. The Kier molecular flexibility index (Phi) is 3.40. The van der Waals surface area contributed by atoms with Crippen molar-refractivity contribution < 1.29 is 9.59 Å². The molecule has 0 bridgehead atoms. The van der Waals surface area contributed by atoms with E-state index >= 15 is 0 Å². The fourth-order valence-corrected chi connectivity index (χ4v) is 2.39. The molecular weight excluding hydrogens is 261 g/mol. The van der Waals surface area contributed by atoms with Gasteiger partial charge in [0.25, 0.3) is 0 Å². The van der Waals surface area contributed by atoms with E-state index in [1.807, 2.05) is 6.92 Å². The lowest BCUT2D eigenvalue weighted by molar-refractivity contribution is -0.120. The van der Waals surface area contributed by atoms with Crippen molar-refractivity contribution in [3.05, 3.63) is 28.8 Å². The number of carbonyl (C=O) groups is 2. The Balaban J connectivity index is 2.29. The second-order valence-electron chi connectivity index (χ2n) is 4.14. The highest BCUT2D eigenvalue weighted by Gasteiger charge is 2.34. The monoisotopic (exact) mass is 271 g/mol. The molecule has 1 saturated heterocycles. The summed E-state index contributed by atoms with van der Waals surface area (Å²) in [7, 11) is 0. The number of benzene rings is 1. The molecule has 17 heavy (non-hydrogen) atoms. The van der Waals surface area contributed by atoms with Crippen LogP contribution in [0.5, 0.6) is 0 Å². The maximum Gasteiger partial charge on any atom is 0.227 e. The Bertz CT molecular complexity index is 487. The first-order valence-electron chi connectivity index (χ1n) is 5.25. The summed E-state index contributed by atoms with van der Waals surface area (Å²) in [5.74, 6) is -0.478. The maximum atomic E-state index is 11.8. The third kappa shape index (κ3) is 2.45. The molecule has 1 amide bonds. The second-order valence-corrected chi connectivity index (χ2v) is 4.95. The molecule has 1 aliphatic heterocycles. The minimum Gasteiger partial charge on any atom is -0.311 e. The lowest BCUT2D eigenvalue weighted by atomic mass is 10.1. The van der Waals surface area contributed by atoms with E-state index in [0.717, 1.165) is 11.3 Å². The molecule has 0 radical (unpaired) electrons. The normalized spacial score (nSPS) is 19.8. The van der Waals surface area contributed by atoms with Gasteiger partial charge in [0.1, 0.15) is 0 Å². The SMILES string of the molecule is Cc1cc(Cl)ccc1N1C[C@H](C(=O)Cl)CC1=O. The molecule has 3 nitrogen and oxygen atoms in total. The van der Waals surface area contributed by atoms with Crippen LogP contribution in [-0.2, 0) is 9.59 Å². The predicted molar refractivity (Wildman–Crippen MR) is 67.5 cm³/mol. The van der Waals surface area contributed by atoms with Crippen LogP contribution in [0.25, 0.3) is 0 Å². The minimum absolute atomic E-state index is 0.0746. The van der Waals surface area contributed by atoms with Crippen LogP contribution >= 0.6 is 23.2 Å². The fraction of sp³-hybridized carbons (Fsp3) is 0.333. The Morgan fingerprint density at radius 3 is 2.71 bits per heavy atom. The smallest absolute Gasteiger partial charge is 0.227 e. The average molecular weight is 272 g/mol. The molecule has 0 N–H and O–H groups in total. The van der Waals surface area contributed by atoms with Crippen LogP contribution in [0.15, 0.2) is 18.2 Å².